The number of likely N-dealkylation sites (tertiary alicyclic amines) is 1. The number of hydrogen-bond acceptors (Lipinski definition) is 4. The molecule has 1 fully saturated rings. The van der Waals surface area contributed by atoms with Crippen LogP contribution in [0.25, 0.3) is 0 Å². The molecule has 0 aromatic carbocycles. The number of methoxy groups -OCH3 is 1. The van der Waals surface area contributed by atoms with Crippen molar-refractivity contribution in [1.29, 1.82) is 0 Å². The monoisotopic (exact) mass is 272 g/mol. The molecule has 0 saturated carbocycles. The lowest BCUT2D eigenvalue weighted by Gasteiger charge is -2.23. The second-order valence-corrected chi connectivity index (χ2v) is 5.04. The molecule has 2 N–H and O–H groups in total. The van der Waals surface area contributed by atoms with E-state index >= 15 is 0 Å². The predicted octanol–water partition coefficient (Wildman–Crippen LogP) is 0.324. The summed E-state index contributed by atoms with van der Waals surface area (Å²) in [5.41, 5.74) is 0. The largest absolute Gasteiger partial charge is 0.481 e. The third-order valence-electron chi connectivity index (χ3n) is 3.62. The highest BCUT2D eigenvalue weighted by molar-refractivity contribution is 5.81. The summed E-state index contributed by atoms with van der Waals surface area (Å²) in [6.45, 7) is 4.60. The summed E-state index contributed by atoms with van der Waals surface area (Å²) in [6.07, 6.45) is 1.89. The molecular weight excluding hydrogens is 248 g/mol. The van der Waals surface area contributed by atoms with Crippen molar-refractivity contribution in [2.24, 2.45) is 5.92 Å². The Morgan fingerprint density at radius 3 is 2.89 bits per heavy atom. The summed E-state index contributed by atoms with van der Waals surface area (Å²) in [5, 5.41) is 11.5. The number of aliphatic carboxylic acids is 1. The summed E-state index contributed by atoms with van der Waals surface area (Å²) in [6, 6.07) is -0.160. The summed E-state index contributed by atoms with van der Waals surface area (Å²) in [7, 11) is 1.60. The minimum atomic E-state index is -0.746. The van der Waals surface area contributed by atoms with Gasteiger partial charge >= 0.3 is 5.97 Å². The first-order chi connectivity index (χ1) is 9.04. The fourth-order valence-corrected chi connectivity index (χ4v) is 2.37. The average Bonchev–Trinajstić information content (AvgIpc) is 2.84. The summed E-state index contributed by atoms with van der Waals surface area (Å²) in [5.74, 6) is -0.343. The van der Waals surface area contributed by atoms with Crippen LogP contribution in [0.5, 0.6) is 0 Å². The molecule has 1 rings (SSSR count). The van der Waals surface area contributed by atoms with E-state index in [-0.39, 0.29) is 18.4 Å². The van der Waals surface area contributed by atoms with E-state index in [0.29, 0.717) is 25.5 Å². The van der Waals surface area contributed by atoms with Gasteiger partial charge in [-0.2, -0.15) is 0 Å². The molecule has 19 heavy (non-hydrogen) atoms. The van der Waals surface area contributed by atoms with Gasteiger partial charge < -0.3 is 15.2 Å². The van der Waals surface area contributed by atoms with Crippen molar-refractivity contribution in [2.45, 2.75) is 32.2 Å². The van der Waals surface area contributed by atoms with Crippen molar-refractivity contribution >= 4 is 11.9 Å². The van der Waals surface area contributed by atoms with E-state index < -0.39 is 5.97 Å². The van der Waals surface area contributed by atoms with Crippen LogP contribution in [-0.2, 0) is 14.3 Å². The van der Waals surface area contributed by atoms with Crippen LogP contribution in [0.4, 0.5) is 0 Å². The Morgan fingerprint density at radius 2 is 2.26 bits per heavy atom. The Hall–Kier alpha value is -1.14. The quantitative estimate of drug-likeness (QED) is 0.622. The van der Waals surface area contributed by atoms with Gasteiger partial charge in [-0.15, -0.1) is 0 Å². The lowest BCUT2D eigenvalue weighted by molar-refractivity contribution is -0.137. The molecule has 1 saturated heterocycles. The standard InChI is InChI=1S/C13H24N2O4/c1-10(13(18)14-6-8-19-2)15-7-5-11(9-15)3-4-12(16)17/h10-11H,3-9H2,1-2H3,(H,14,18)(H,16,17). The van der Waals surface area contributed by atoms with Crippen LogP contribution in [0.1, 0.15) is 26.2 Å². The van der Waals surface area contributed by atoms with Crippen LogP contribution >= 0.6 is 0 Å². The minimum absolute atomic E-state index is 0.0101. The molecule has 2 unspecified atom stereocenters. The summed E-state index contributed by atoms with van der Waals surface area (Å²) in [4.78, 5) is 24.5. The number of carboxylic acids is 1. The molecule has 0 aromatic heterocycles. The molecule has 0 radical (unpaired) electrons. The van der Waals surface area contributed by atoms with Gasteiger partial charge in [0, 0.05) is 26.6 Å². The molecule has 1 amide bonds. The zero-order chi connectivity index (χ0) is 14.3. The maximum atomic E-state index is 11.9. The number of ether oxygens (including phenoxy) is 1. The van der Waals surface area contributed by atoms with Gasteiger partial charge in [0.2, 0.25) is 5.91 Å². The normalized spacial score (nSPS) is 21.3. The zero-order valence-electron chi connectivity index (χ0n) is 11.7. The van der Waals surface area contributed by atoms with E-state index in [2.05, 4.69) is 10.2 Å². The second kappa shape index (κ2) is 8.12. The van der Waals surface area contributed by atoms with Crippen LogP contribution in [0.15, 0.2) is 0 Å². The number of carbonyl (C=O) groups excluding carboxylic acids is 1. The molecule has 2 atom stereocenters. The van der Waals surface area contributed by atoms with Crippen LogP contribution < -0.4 is 5.32 Å². The molecule has 0 bridgehead atoms. The summed E-state index contributed by atoms with van der Waals surface area (Å²) < 4.78 is 4.88. The van der Waals surface area contributed by atoms with Crippen molar-refractivity contribution in [3.8, 4) is 0 Å². The fourth-order valence-electron chi connectivity index (χ4n) is 2.37. The van der Waals surface area contributed by atoms with Crippen LogP contribution in [0.2, 0.25) is 0 Å². The van der Waals surface area contributed by atoms with Crippen molar-refractivity contribution in [3.63, 3.8) is 0 Å². The highest BCUT2D eigenvalue weighted by Gasteiger charge is 2.29. The molecule has 0 aromatic rings. The van der Waals surface area contributed by atoms with Crippen LogP contribution in [-0.4, -0.2) is 61.3 Å². The van der Waals surface area contributed by atoms with Crippen molar-refractivity contribution in [1.82, 2.24) is 10.2 Å². The molecule has 1 aliphatic heterocycles. The highest BCUT2D eigenvalue weighted by atomic mass is 16.5. The Kier molecular flexibility index (Phi) is 6.80. The van der Waals surface area contributed by atoms with Crippen LogP contribution in [0, 0.1) is 5.92 Å². The molecule has 0 aliphatic carbocycles. The van der Waals surface area contributed by atoms with Crippen molar-refractivity contribution in [2.75, 3.05) is 33.4 Å². The smallest absolute Gasteiger partial charge is 0.303 e. The molecule has 0 spiro atoms. The number of carboxylic acid groups (broad SMARTS) is 1. The lowest BCUT2D eigenvalue weighted by atomic mass is 10.0. The number of amides is 1. The molecule has 110 valence electrons. The highest BCUT2D eigenvalue weighted by Crippen LogP contribution is 2.22. The lowest BCUT2D eigenvalue weighted by Crippen LogP contribution is -2.44. The second-order valence-electron chi connectivity index (χ2n) is 5.04. The molecule has 6 nitrogen and oxygen atoms in total. The maximum absolute atomic E-state index is 11.9. The Labute approximate surface area is 114 Å². The van der Waals surface area contributed by atoms with E-state index in [0.717, 1.165) is 19.5 Å². The van der Waals surface area contributed by atoms with E-state index in [1.54, 1.807) is 7.11 Å². The first-order valence-corrected chi connectivity index (χ1v) is 6.77. The van der Waals surface area contributed by atoms with E-state index in [4.69, 9.17) is 9.84 Å². The molecular formula is C13H24N2O4. The number of nitrogens with zero attached hydrogens (tertiary/aromatic N) is 1. The van der Waals surface area contributed by atoms with Gasteiger partial charge in [0.25, 0.3) is 0 Å². The Balaban J connectivity index is 2.28. The summed E-state index contributed by atoms with van der Waals surface area (Å²) >= 11 is 0. The SMILES string of the molecule is COCCNC(=O)C(C)N1CCC(CCC(=O)O)C1. The van der Waals surface area contributed by atoms with Crippen LogP contribution in [0.3, 0.4) is 0 Å². The van der Waals surface area contributed by atoms with Gasteiger partial charge in [-0.25, -0.2) is 0 Å². The number of hydrogen-bond donors (Lipinski definition) is 2. The molecule has 1 heterocycles. The van der Waals surface area contributed by atoms with E-state index in [9.17, 15) is 9.59 Å². The van der Waals surface area contributed by atoms with Crippen molar-refractivity contribution in [3.05, 3.63) is 0 Å². The number of nitrogens with one attached hydrogen (secondary N) is 1. The topological polar surface area (TPSA) is 78.9 Å². The number of carbonyl (C=O) groups is 2. The van der Waals surface area contributed by atoms with Gasteiger partial charge in [-0.05, 0) is 32.2 Å². The van der Waals surface area contributed by atoms with Gasteiger partial charge in [0.1, 0.15) is 0 Å². The maximum Gasteiger partial charge on any atom is 0.303 e. The third-order valence-corrected chi connectivity index (χ3v) is 3.62. The third kappa shape index (κ3) is 5.57. The first-order valence-electron chi connectivity index (χ1n) is 6.77. The zero-order valence-corrected chi connectivity index (χ0v) is 11.7. The fraction of sp³-hybridized carbons (Fsp3) is 0.846. The predicted molar refractivity (Wildman–Crippen MR) is 70.9 cm³/mol. The average molecular weight is 272 g/mol. The van der Waals surface area contributed by atoms with Gasteiger partial charge in [0.05, 0.1) is 12.6 Å². The van der Waals surface area contributed by atoms with E-state index in [1.807, 2.05) is 6.92 Å². The van der Waals surface area contributed by atoms with E-state index in [1.165, 1.54) is 0 Å². The van der Waals surface area contributed by atoms with Gasteiger partial charge in [0.15, 0.2) is 0 Å². The Morgan fingerprint density at radius 1 is 1.53 bits per heavy atom. The number of rotatable bonds is 8. The van der Waals surface area contributed by atoms with Gasteiger partial charge in [-0.1, -0.05) is 0 Å². The first kappa shape index (κ1) is 15.9. The van der Waals surface area contributed by atoms with Gasteiger partial charge in [-0.3, -0.25) is 14.5 Å². The molecule has 1 aliphatic rings. The minimum Gasteiger partial charge on any atom is -0.481 e. The Bertz CT molecular complexity index is 309. The van der Waals surface area contributed by atoms with Crippen molar-refractivity contribution < 1.29 is 19.4 Å². The molecule has 6 heteroatoms.